The van der Waals surface area contributed by atoms with Crippen molar-refractivity contribution in [2.75, 3.05) is 0 Å². The van der Waals surface area contributed by atoms with Crippen molar-refractivity contribution in [3.63, 3.8) is 0 Å². The van der Waals surface area contributed by atoms with Crippen LogP contribution in [0.25, 0.3) is 17.2 Å². The number of hydrogen-bond donors (Lipinski definition) is 1. The molecule has 15 heavy (non-hydrogen) atoms. The van der Waals surface area contributed by atoms with Crippen molar-refractivity contribution >= 4 is 23.1 Å². The summed E-state index contributed by atoms with van der Waals surface area (Å²) < 4.78 is 5.31. The lowest BCUT2D eigenvalue weighted by molar-refractivity contribution is -0.131. The Hall–Kier alpha value is -2.10. The fourth-order valence-electron chi connectivity index (χ4n) is 1.27. The summed E-state index contributed by atoms with van der Waals surface area (Å²) in [6.07, 6.45) is 2.33. The van der Waals surface area contributed by atoms with Gasteiger partial charge in [-0.2, -0.15) is 0 Å². The van der Waals surface area contributed by atoms with Crippen molar-refractivity contribution in [1.29, 1.82) is 0 Å². The molecule has 0 saturated heterocycles. The second-order valence-corrected chi connectivity index (χ2v) is 3.19. The van der Waals surface area contributed by atoms with Crippen LogP contribution < -0.4 is 0 Å². The number of fused-ring (bicyclic) bond motifs is 1. The van der Waals surface area contributed by atoms with Gasteiger partial charge in [0.1, 0.15) is 5.52 Å². The lowest BCUT2D eigenvalue weighted by Gasteiger charge is -1.87. The molecule has 1 heterocycles. The number of nitrogens with zero attached hydrogens (tertiary/aromatic N) is 1. The second-order valence-electron chi connectivity index (χ2n) is 3.19. The maximum atomic E-state index is 10.3. The molecule has 0 fully saturated rings. The van der Waals surface area contributed by atoms with E-state index >= 15 is 0 Å². The minimum Gasteiger partial charge on any atom is -0.478 e. The molecule has 0 atom stereocenters. The van der Waals surface area contributed by atoms with Gasteiger partial charge < -0.3 is 9.52 Å². The van der Waals surface area contributed by atoms with Crippen molar-refractivity contribution in [3.05, 3.63) is 35.7 Å². The summed E-state index contributed by atoms with van der Waals surface area (Å²) in [5.74, 6) is -0.716. The van der Waals surface area contributed by atoms with Crippen LogP contribution in [0.15, 0.2) is 28.7 Å². The fourth-order valence-corrected chi connectivity index (χ4v) is 1.27. The van der Waals surface area contributed by atoms with Crippen LogP contribution in [0, 0.1) is 6.92 Å². The van der Waals surface area contributed by atoms with Crippen molar-refractivity contribution in [2.45, 2.75) is 6.92 Å². The molecule has 76 valence electrons. The maximum Gasteiger partial charge on any atom is 0.328 e. The quantitative estimate of drug-likeness (QED) is 0.760. The average Bonchev–Trinajstić information content (AvgIpc) is 2.56. The predicted molar refractivity (Wildman–Crippen MR) is 55.4 cm³/mol. The molecule has 2 rings (SSSR count). The fraction of sp³-hybridized carbons (Fsp3) is 0.0909. The van der Waals surface area contributed by atoms with E-state index in [1.54, 1.807) is 0 Å². The summed E-state index contributed by atoms with van der Waals surface area (Å²) in [6, 6.07) is 5.62. The van der Waals surface area contributed by atoms with Gasteiger partial charge in [-0.25, -0.2) is 9.78 Å². The minimum absolute atomic E-state index is 0.304. The Morgan fingerprint density at radius 1 is 1.53 bits per heavy atom. The van der Waals surface area contributed by atoms with Gasteiger partial charge in [0.25, 0.3) is 0 Å². The number of hydrogen-bond acceptors (Lipinski definition) is 3. The summed E-state index contributed by atoms with van der Waals surface area (Å²) >= 11 is 0. The monoisotopic (exact) mass is 203 g/mol. The van der Waals surface area contributed by atoms with Gasteiger partial charge in [-0.3, -0.25) is 0 Å². The van der Waals surface area contributed by atoms with Crippen LogP contribution in [0.2, 0.25) is 0 Å². The number of oxazole rings is 1. The molecule has 4 heteroatoms. The van der Waals surface area contributed by atoms with Crippen LogP contribution in [0.5, 0.6) is 0 Å². The molecule has 0 amide bonds. The van der Waals surface area contributed by atoms with Crippen molar-refractivity contribution in [3.8, 4) is 0 Å². The van der Waals surface area contributed by atoms with Crippen LogP contribution in [-0.2, 0) is 4.79 Å². The van der Waals surface area contributed by atoms with Gasteiger partial charge in [0.15, 0.2) is 5.58 Å². The number of aromatic nitrogens is 1. The Morgan fingerprint density at radius 2 is 2.33 bits per heavy atom. The molecule has 1 N–H and O–H groups in total. The summed E-state index contributed by atoms with van der Waals surface area (Å²) in [7, 11) is 0. The molecule has 0 unspecified atom stereocenters. The van der Waals surface area contributed by atoms with E-state index in [9.17, 15) is 4.79 Å². The summed E-state index contributed by atoms with van der Waals surface area (Å²) in [4.78, 5) is 14.4. The van der Waals surface area contributed by atoms with Crippen LogP contribution in [0.1, 0.15) is 11.5 Å². The van der Waals surface area contributed by atoms with Crippen molar-refractivity contribution in [2.24, 2.45) is 0 Å². The molecule has 2 aromatic rings. The lowest BCUT2D eigenvalue weighted by atomic mass is 10.2. The molecular formula is C11H9NO3. The number of carbonyl (C=O) groups is 1. The SMILES string of the molecule is Cc1ccc2oc(/C=C/C(=O)O)nc2c1. The smallest absolute Gasteiger partial charge is 0.328 e. The van der Waals surface area contributed by atoms with Gasteiger partial charge >= 0.3 is 5.97 Å². The number of aryl methyl sites for hydroxylation is 1. The molecule has 0 aliphatic rings. The lowest BCUT2D eigenvalue weighted by Crippen LogP contribution is -1.85. The highest BCUT2D eigenvalue weighted by atomic mass is 16.4. The summed E-state index contributed by atoms with van der Waals surface area (Å²) in [5, 5.41) is 8.44. The van der Waals surface area contributed by atoms with Gasteiger partial charge in [-0.05, 0) is 24.6 Å². The Labute approximate surface area is 85.9 Å². The number of rotatable bonds is 2. The molecule has 0 aliphatic carbocycles. The van der Waals surface area contributed by atoms with Crippen LogP contribution in [0.4, 0.5) is 0 Å². The van der Waals surface area contributed by atoms with E-state index in [2.05, 4.69) is 4.98 Å². The zero-order valence-electron chi connectivity index (χ0n) is 8.10. The maximum absolute atomic E-state index is 10.3. The highest BCUT2D eigenvalue weighted by Crippen LogP contribution is 2.17. The van der Waals surface area contributed by atoms with E-state index in [4.69, 9.17) is 9.52 Å². The molecule has 1 aromatic carbocycles. The molecule has 0 aliphatic heterocycles. The summed E-state index contributed by atoms with van der Waals surface area (Å²) in [5.41, 5.74) is 2.48. The first-order chi connectivity index (χ1) is 7.15. The standard InChI is InChI=1S/C11H9NO3/c1-7-2-3-9-8(6-7)12-10(15-9)4-5-11(13)14/h2-6H,1H3,(H,13,14)/b5-4+. The van der Waals surface area contributed by atoms with E-state index in [0.29, 0.717) is 11.5 Å². The predicted octanol–water partition coefficient (Wildman–Crippen LogP) is 2.23. The zero-order chi connectivity index (χ0) is 10.8. The zero-order valence-corrected chi connectivity index (χ0v) is 8.10. The third-order valence-electron chi connectivity index (χ3n) is 1.93. The van der Waals surface area contributed by atoms with E-state index in [1.165, 1.54) is 6.08 Å². The van der Waals surface area contributed by atoms with Gasteiger partial charge in [0.05, 0.1) is 0 Å². The number of carboxylic acid groups (broad SMARTS) is 1. The second kappa shape index (κ2) is 3.57. The average molecular weight is 203 g/mol. The largest absolute Gasteiger partial charge is 0.478 e. The van der Waals surface area contributed by atoms with Crippen molar-refractivity contribution < 1.29 is 14.3 Å². The molecule has 4 nitrogen and oxygen atoms in total. The number of aliphatic carboxylic acids is 1. The molecule has 1 aromatic heterocycles. The summed E-state index contributed by atoms with van der Waals surface area (Å²) in [6.45, 7) is 1.96. The van der Waals surface area contributed by atoms with Gasteiger partial charge in [-0.15, -0.1) is 0 Å². The third-order valence-corrected chi connectivity index (χ3v) is 1.93. The first-order valence-corrected chi connectivity index (χ1v) is 4.43. The molecule has 0 radical (unpaired) electrons. The van der Waals surface area contributed by atoms with Crippen LogP contribution in [-0.4, -0.2) is 16.1 Å². The third kappa shape index (κ3) is 2.04. The van der Waals surface area contributed by atoms with Crippen molar-refractivity contribution in [1.82, 2.24) is 4.98 Å². The van der Waals surface area contributed by atoms with E-state index in [1.807, 2.05) is 25.1 Å². The highest BCUT2D eigenvalue weighted by molar-refractivity contribution is 5.85. The van der Waals surface area contributed by atoms with Crippen LogP contribution >= 0.6 is 0 Å². The number of carboxylic acids is 1. The van der Waals surface area contributed by atoms with E-state index in [0.717, 1.165) is 17.2 Å². The molecule has 0 bridgehead atoms. The minimum atomic E-state index is -1.02. The Morgan fingerprint density at radius 3 is 3.07 bits per heavy atom. The Kier molecular flexibility index (Phi) is 2.25. The van der Waals surface area contributed by atoms with E-state index < -0.39 is 5.97 Å². The van der Waals surface area contributed by atoms with Gasteiger partial charge in [-0.1, -0.05) is 6.07 Å². The van der Waals surface area contributed by atoms with E-state index in [-0.39, 0.29) is 0 Å². The topological polar surface area (TPSA) is 63.3 Å². The number of benzene rings is 1. The first-order valence-electron chi connectivity index (χ1n) is 4.43. The van der Waals surface area contributed by atoms with Crippen LogP contribution in [0.3, 0.4) is 0 Å². The highest BCUT2D eigenvalue weighted by Gasteiger charge is 2.02. The molecule has 0 spiro atoms. The molecule has 0 saturated carbocycles. The van der Waals surface area contributed by atoms with Gasteiger partial charge in [0, 0.05) is 12.2 Å². The normalized spacial score (nSPS) is 11.3. The molecular weight excluding hydrogens is 194 g/mol. The Balaban J connectivity index is 2.43. The first kappa shape index (κ1) is 9.45. The van der Waals surface area contributed by atoms with Gasteiger partial charge in [0.2, 0.25) is 5.89 Å². The Bertz CT molecular complexity index is 540.